The first-order chi connectivity index (χ1) is 8.72. The van der Waals surface area contributed by atoms with Crippen molar-refractivity contribution >= 4 is 11.6 Å². The number of rotatable bonds is 5. The van der Waals surface area contributed by atoms with Crippen LogP contribution in [0.3, 0.4) is 0 Å². The van der Waals surface area contributed by atoms with Gasteiger partial charge < -0.3 is 0 Å². The van der Waals surface area contributed by atoms with Crippen LogP contribution >= 0.6 is 11.6 Å². The zero-order chi connectivity index (χ0) is 13.0. The van der Waals surface area contributed by atoms with Crippen molar-refractivity contribution in [2.24, 2.45) is 5.92 Å². The minimum atomic E-state index is 0.241. The first-order valence-electron chi connectivity index (χ1n) is 7.36. The summed E-state index contributed by atoms with van der Waals surface area (Å²) < 4.78 is 0. The maximum Gasteiger partial charge on any atom is 0.0320 e. The molecule has 0 saturated carbocycles. The van der Waals surface area contributed by atoms with Gasteiger partial charge in [-0.3, -0.25) is 0 Å². The Balaban J connectivity index is 2.27. The highest BCUT2D eigenvalue weighted by atomic mass is 35.5. The second-order valence-electron chi connectivity index (χ2n) is 6.02. The molecule has 0 nitrogen and oxygen atoms in total. The highest BCUT2D eigenvalue weighted by Gasteiger charge is 2.36. The quantitative estimate of drug-likeness (QED) is 0.631. The van der Waals surface area contributed by atoms with Gasteiger partial charge in [0.25, 0.3) is 0 Å². The Labute approximate surface area is 117 Å². The molecule has 2 unspecified atom stereocenters. The predicted molar refractivity (Wildman–Crippen MR) is 80.5 cm³/mol. The summed E-state index contributed by atoms with van der Waals surface area (Å²) in [5.41, 5.74) is 3.31. The monoisotopic (exact) mass is 264 g/mol. The van der Waals surface area contributed by atoms with Gasteiger partial charge in [0.05, 0.1) is 0 Å². The summed E-state index contributed by atoms with van der Waals surface area (Å²) in [6, 6.07) is 8.95. The van der Waals surface area contributed by atoms with Gasteiger partial charge in [0.2, 0.25) is 0 Å². The number of halogens is 1. The van der Waals surface area contributed by atoms with Gasteiger partial charge in [-0.25, -0.2) is 0 Å². The summed E-state index contributed by atoms with van der Waals surface area (Å²) in [5, 5.41) is 0. The average molecular weight is 265 g/mol. The fourth-order valence-corrected chi connectivity index (χ4v) is 4.06. The molecule has 0 amide bonds. The summed E-state index contributed by atoms with van der Waals surface area (Å²) in [7, 11) is 0. The van der Waals surface area contributed by atoms with Crippen molar-refractivity contribution in [3.63, 3.8) is 0 Å². The van der Waals surface area contributed by atoms with E-state index in [9.17, 15) is 0 Å². The fourth-order valence-electron chi connectivity index (χ4n) is 3.67. The number of hydrogen-bond donors (Lipinski definition) is 0. The van der Waals surface area contributed by atoms with Crippen LogP contribution in [-0.4, -0.2) is 5.88 Å². The van der Waals surface area contributed by atoms with E-state index in [1.165, 1.54) is 49.7 Å². The largest absolute Gasteiger partial charge is 0.126 e. The molecule has 2 rings (SSSR count). The zero-order valence-electron chi connectivity index (χ0n) is 11.7. The second-order valence-corrected chi connectivity index (χ2v) is 6.29. The topological polar surface area (TPSA) is 0 Å². The molecule has 0 saturated heterocycles. The van der Waals surface area contributed by atoms with Gasteiger partial charge in [0.15, 0.2) is 0 Å². The van der Waals surface area contributed by atoms with Crippen LogP contribution in [0.25, 0.3) is 0 Å². The minimum Gasteiger partial charge on any atom is -0.126 e. The van der Waals surface area contributed by atoms with E-state index in [0.29, 0.717) is 0 Å². The molecule has 0 bridgehead atoms. The van der Waals surface area contributed by atoms with Crippen molar-refractivity contribution in [1.82, 2.24) is 0 Å². The Bertz CT molecular complexity index is 385. The molecule has 0 heterocycles. The zero-order valence-corrected chi connectivity index (χ0v) is 12.5. The molecule has 0 radical (unpaired) electrons. The van der Waals surface area contributed by atoms with E-state index >= 15 is 0 Å². The Kier molecular flexibility index (Phi) is 4.72. The molecule has 1 aromatic carbocycles. The first-order valence-corrected chi connectivity index (χ1v) is 7.89. The molecule has 0 aliphatic heterocycles. The lowest BCUT2D eigenvalue weighted by molar-refractivity contribution is 0.303. The average Bonchev–Trinajstić information content (AvgIpc) is 2.39. The molecule has 100 valence electrons. The van der Waals surface area contributed by atoms with E-state index in [0.717, 1.165) is 11.8 Å². The molecule has 0 N–H and O–H groups in total. The van der Waals surface area contributed by atoms with Gasteiger partial charge in [0.1, 0.15) is 0 Å². The molecule has 0 fully saturated rings. The second kappa shape index (κ2) is 6.10. The minimum absolute atomic E-state index is 0.241. The Morgan fingerprint density at radius 2 is 2.11 bits per heavy atom. The van der Waals surface area contributed by atoms with Crippen LogP contribution in [0.15, 0.2) is 24.3 Å². The van der Waals surface area contributed by atoms with E-state index < -0.39 is 0 Å². The summed E-state index contributed by atoms with van der Waals surface area (Å²) in [4.78, 5) is 0. The van der Waals surface area contributed by atoms with Gasteiger partial charge >= 0.3 is 0 Å². The molecular weight excluding hydrogens is 240 g/mol. The van der Waals surface area contributed by atoms with Crippen LogP contribution in [0.2, 0.25) is 0 Å². The molecule has 1 aliphatic rings. The highest BCUT2D eigenvalue weighted by Crippen LogP contribution is 2.43. The Morgan fingerprint density at radius 1 is 1.33 bits per heavy atom. The Hall–Kier alpha value is -0.490. The molecule has 0 aromatic heterocycles. The molecule has 18 heavy (non-hydrogen) atoms. The third-order valence-corrected chi connectivity index (χ3v) is 4.98. The van der Waals surface area contributed by atoms with Crippen LogP contribution in [0, 0.1) is 5.92 Å². The van der Waals surface area contributed by atoms with E-state index in [1.807, 2.05) is 0 Å². The normalized spacial score (nSPS) is 24.6. The SMILES string of the molecule is CCCC(C)CC1(CCl)CCCc2ccccc21. The van der Waals surface area contributed by atoms with Gasteiger partial charge in [-0.15, -0.1) is 11.6 Å². The van der Waals surface area contributed by atoms with E-state index in [4.69, 9.17) is 11.6 Å². The smallest absolute Gasteiger partial charge is 0.0320 e. The third-order valence-electron chi connectivity index (χ3n) is 4.47. The number of benzene rings is 1. The first kappa shape index (κ1) is 13.9. The van der Waals surface area contributed by atoms with E-state index in [2.05, 4.69) is 38.1 Å². The van der Waals surface area contributed by atoms with Crippen LogP contribution in [-0.2, 0) is 11.8 Å². The van der Waals surface area contributed by atoms with Crippen molar-refractivity contribution in [3.8, 4) is 0 Å². The standard InChI is InChI=1S/C17H25Cl/c1-3-7-14(2)12-17(13-18)11-6-9-15-8-4-5-10-16(15)17/h4-5,8,10,14H,3,6-7,9,11-13H2,1-2H3. The lowest BCUT2D eigenvalue weighted by Gasteiger charge is -2.39. The molecule has 1 aromatic rings. The van der Waals surface area contributed by atoms with Crippen molar-refractivity contribution in [3.05, 3.63) is 35.4 Å². The predicted octanol–water partition coefficient (Wildman–Crippen LogP) is 5.33. The Morgan fingerprint density at radius 3 is 2.83 bits per heavy atom. The van der Waals surface area contributed by atoms with Crippen LogP contribution < -0.4 is 0 Å². The number of alkyl halides is 1. The molecule has 1 heteroatoms. The summed E-state index contributed by atoms with van der Waals surface area (Å²) in [6.07, 6.45) is 7.64. The van der Waals surface area contributed by atoms with Crippen molar-refractivity contribution in [1.29, 1.82) is 0 Å². The van der Waals surface area contributed by atoms with Gasteiger partial charge in [-0.05, 0) is 42.7 Å². The van der Waals surface area contributed by atoms with Crippen molar-refractivity contribution in [2.45, 2.75) is 57.8 Å². The van der Waals surface area contributed by atoms with Crippen LogP contribution in [0.4, 0.5) is 0 Å². The summed E-state index contributed by atoms with van der Waals surface area (Å²) in [5.74, 6) is 1.55. The molecule has 1 aliphatic carbocycles. The number of aryl methyl sites for hydroxylation is 1. The lowest BCUT2D eigenvalue weighted by Crippen LogP contribution is -2.34. The molecular formula is C17H25Cl. The summed E-state index contributed by atoms with van der Waals surface area (Å²) >= 11 is 6.41. The highest BCUT2D eigenvalue weighted by molar-refractivity contribution is 6.18. The number of hydrogen-bond acceptors (Lipinski definition) is 0. The van der Waals surface area contributed by atoms with E-state index in [-0.39, 0.29) is 5.41 Å². The van der Waals surface area contributed by atoms with Crippen LogP contribution in [0.1, 0.15) is 57.1 Å². The fraction of sp³-hybridized carbons (Fsp3) is 0.647. The summed E-state index contributed by atoms with van der Waals surface area (Å²) in [6.45, 7) is 4.66. The van der Waals surface area contributed by atoms with Crippen molar-refractivity contribution < 1.29 is 0 Å². The maximum atomic E-state index is 6.41. The molecule has 2 atom stereocenters. The molecule has 0 spiro atoms. The van der Waals surface area contributed by atoms with Gasteiger partial charge in [-0.1, -0.05) is 51.0 Å². The third kappa shape index (κ3) is 2.74. The number of fused-ring (bicyclic) bond motifs is 1. The maximum absolute atomic E-state index is 6.41. The van der Waals surface area contributed by atoms with E-state index in [1.54, 1.807) is 0 Å². The lowest BCUT2D eigenvalue weighted by atomic mass is 9.66. The van der Waals surface area contributed by atoms with Gasteiger partial charge in [-0.2, -0.15) is 0 Å². The van der Waals surface area contributed by atoms with Crippen LogP contribution in [0.5, 0.6) is 0 Å². The van der Waals surface area contributed by atoms with Crippen molar-refractivity contribution in [2.75, 3.05) is 5.88 Å². The van der Waals surface area contributed by atoms with Gasteiger partial charge in [0, 0.05) is 11.3 Å².